The van der Waals surface area contributed by atoms with Crippen LogP contribution in [0.25, 0.3) is 0 Å². The Kier molecular flexibility index (Phi) is 1.96. The molecule has 2 N–H and O–H groups in total. The molecule has 0 saturated heterocycles. The topological polar surface area (TPSA) is 32.3 Å². The summed E-state index contributed by atoms with van der Waals surface area (Å²) in [4.78, 5) is 0. The molecule has 0 fully saturated rings. The molecule has 70 valence electrons. The lowest BCUT2D eigenvalue weighted by atomic mass is 9.92. The Bertz CT molecular complexity index is 338. The summed E-state index contributed by atoms with van der Waals surface area (Å²) in [6, 6.07) is 2.95. The molecule has 1 aromatic carbocycles. The summed E-state index contributed by atoms with van der Waals surface area (Å²) in [5.41, 5.74) is 2.01. The van der Waals surface area contributed by atoms with Gasteiger partial charge >= 0.3 is 0 Å². The molecule has 3 heteroatoms. The fourth-order valence-corrected chi connectivity index (χ4v) is 1.77. The largest absolute Gasteiger partial charge is 0.505 e. The SMILES string of the molecule is CC1CNCc2cc(O)c(F)cc21. The molecule has 2 nitrogen and oxygen atoms in total. The van der Waals surface area contributed by atoms with E-state index in [1.165, 1.54) is 12.1 Å². The lowest BCUT2D eigenvalue weighted by molar-refractivity contribution is 0.427. The highest BCUT2D eigenvalue weighted by molar-refractivity contribution is 5.39. The van der Waals surface area contributed by atoms with Crippen LogP contribution in [0.1, 0.15) is 24.0 Å². The maximum atomic E-state index is 13.0. The van der Waals surface area contributed by atoms with Gasteiger partial charge in [0, 0.05) is 13.1 Å². The van der Waals surface area contributed by atoms with Crippen molar-refractivity contribution in [3.63, 3.8) is 0 Å². The third-order valence-corrected chi connectivity index (χ3v) is 2.51. The molecule has 1 aliphatic rings. The van der Waals surface area contributed by atoms with E-state index in [2.05, 4.69) is 5.32 Å². The second-order valence-electron chi connectivity index (χ2n) is 3.53. The third kappa shape index (κ3) is 1.40. The fraction of sp³-hybridized carbons (Fsp3) is 0.400. The first-order chi connectivity index (χ1) is 6.18. The lowest BCUT2D eigenvalue weighted by Gasteiger charge is -2.23. The molecular weight excluding hydrogens is 169 g/mol. The second-order valence-corrected chi connectivity index (χ2v) is 3.53. The number of rotatable bonds is 0. The van der Waals surface area contributed by atoms with Gasteiger partial charge in [-0.05, 0) is 29.2 Å². The van der Waals surface area contributed by atoms with E-state index in [4.69, 9.17) is 5.11 Å². The van der Waals surface area contributed by atoms with Crippen LogP contribution in [0.2, 0.25) is 0 Å². The molecule has 1 unspecified atom stereocenters. The van der Waals surface area contributed by atoms with Crippen molar-refractivity contribution in [3.05, 3.63) is 29.1 Å². The van der Waals surface area contributed by atoms with Crippen LogP contribution in [0.15, 0.2) is 12.1 Å². The molecule has 13 heavy (non-hydrogen) atoms. The quantitative estimate of drug-likeness (QED) is 0.639. The number of halogens is 1. The molecule has 0 bridgehead atoms. The van der Waals surface area contributed by atoms with Gasteiger partial charge in [-0.15, -0.1) is 0 Å². The monoisotopic (exact) mass is 181 g/mol. The molecule has 0 amide bonds. The van der Waals surface area contributed by atoms with Gasteiger partial charge in [-0.25, -0.2) is 4.39 Å². The Morgan fingerprint density at radius 3 is 3.08 bits per heavy atom. The highest BCUT2D eigenvalue weighted by Crippen LogP contribution is 2.28. The van der Waals surface area contributed by atoms with Crippen molar-refractivity contribution in [1.82, 2.24) is 5.32 Å². The number of hydrogen-bond donors (Lipinski definition) is 2. The molecule has 1 atom stereocenters. The predicted molar refractivity (Wildman–Crippen MR) is 48.2 cm³/mol. The first-order valence-corrected chi connectivity index (χ1v) is 4.40. The van der Waals surface area contributed by atoms with Crippen LogP contribution in [-0.2, 0) is 6.54 Å². The van der Waals surface area contributed by atoms with Crippen molar-refractivity contribution in [3.8, 4) is 5.75 Å². The molecule has 1 aromatic rings. The highest BCUT2D eigenvalue weighted by atomic mass is 19.1. The zero-order chi connectivity index (χ0) is 9.42. The summed E-state index contributed by atoms with van der Waals surface area (Å²) >= 11 is 0. The normalized spacial score (nSPS) is 21.2. The van der Waals surface area contributed by atoms with E-state index in [0.29, 0.717) is 12.5 Å². The number of hydrogen-bond acceptors (Lipinski definition) is 2. The van der Waals surface area contributed by atoms with Gasteiger partial charge < -0.3 is 10.4 Å². The van der Waals surface area contributed by atoms with Crippen LogP contribution >= 0.6 is 0 Å². The Labute approximate surface area is 76.4 Å². The number of benzene rings is 1. The van der Waals surface area contributed by atoms with Gasteiger partial charge in [0.1, 0.15) is 0 Å². The maximum Gasteiger partial charge on any atom is 0.165 e. The Morgan fingerprint density at radius 1 is 1.54 bits per heavy atom. The fourth-order valence-electron chi connectivity index (χ4n) is 1.77. The van der Waals surface area contributed by atoms with E-state index in [1.807, 2.05) is 6.92 Å². The van der Waals surface area contributed by atoms with Gasteiger partial charge in [0.05, 0.1) is 0 Å². The lowest BCUT2D eigenvalue weighted by Crippen LogP contribution is -2.26. The van der Waals surface area contributed by atoms with E-state index in [1.54, 1.807) is 0 Å². The molecule has 2 rings (SSSR count). The van der Waals surface area contributed by atoms with Crippen LogP contribution in [0.3, 0.4) is 0 Å². The van der Waals surface area contributed by atoms with Crippen LogP contribution in [-0.4, -0.2) is 11.7 Å². The molecule has 0 spiro atoms. The van der Waals surface area contributed by atoms with Crippen LogP contribution in [0, 0.1) is 5.82 Å². The van der Waals surface area contributed by atoms with Crippen molar-refractivity contribution < 1.29 is 9.50 Å². The summed E-state index contributed by atoms with van der Waals surface area (Å²) in [6.45, 7) is 3.63. The smallest absolute Gasteiger partial charge is 0.165 e. The van der Waals surface area contributed by atoms with Crippen molar-refractivity contribution in [1.29, 1.82) is 0 Å². The van der Waals surface area contributed by atoms with Crippen LogP contribution in [0.5, 0.6) is 5.75 Å². The number of phenols is 1. The van der Waals surface area contributed by atoms with Crippen molar-refractivity contribution >= 4 is 0 Å². The third-order valence-electron chi connectivity index (χ3n) is 2.51. The first-order valence-electron chi connectivity index (χ1n) is 4.40. The minimum atomic E-state index is -0.521. The first kappa shape index (κ1) is 8.51. The van der Waals surface area contributed by atoms with Gasteiger partial charge in [-0.2, -0.15) is 0 Å². The van der Waals surface area contributed by atoms with E-state index in [0.717, 1.165) is 17.7 Å². The number of aromatic hydroxyl groups is 1. The number of nitrogens with one attached hydrogen (secondary N) is 1. The van der Waals surface area contributed by atoms with Crippen LogP contribution in [0.4, 0.5) is 4.39 Å². The molecular formula is C10H12FNO. The Balaban J connectivity index is 2.52. The van der Waals surface area contributed by atoms with Crippen molar-refractivity contribution in [2.45, 2.75) is 19.4 Å². The standard InChI is InChI=1S/C10H12FNO/c1-6-4-12-5-7-2-10(13)9(11)3-8(6)7/h2-3,6,12-13H,4-5H2,1H3. The maximum absolute atomic E-state index is 13.0. The molecule has 0 aliphatic carbocycles. The zero-order valence-electron chi connectivity index (χ0n) is 7.47. The summed E-state index contributed by atoms with van der Waals surface area (Å²) in [5, 5.41) is 12.4. The average molecular weight is 181 g/mol. The van der Waals surface area contributed by atoms with Gasteiger partial charge in [0.15, 0.2) is 11.6 Å². The Hall–Kier alpha value is -1.09. The molecule has 0 radical (unpaired) electrons. The second kappa shape index (κ2) is 3.00. The summed E-state index contributed by atoms with van der Waals surface area (Å²) < 4.78 is 13.0. The van der Waals surface area contributed by atoms with Gasteiger partial charge in [-0.1, -0.05) is 6.92 Å². The molecule has 0 aromatic heterocycles. The van der Waals surface area contributed by atoms with Gasteiger partial charge in [0.2, 0.25) is 0 Å². The highest BCUT2D eigenvalue weighted by Gasteiger charge is 2.18. The molecule has 1 heterocycles. The summed E-state index contributed by atoms with van der Waals surface area (Å²) in [5.74, 6) is -0.457. The summed E-state index contributed by atoms with van der Waals surface area (Å²) in [7, 11) is 0. The van der Waals surface area contributed by atoms with E-state index in [-0.39, 0.29) is 5.75 Å². The average Bonchev–Trinajstić information content (AvgIpc) is 2.09. The summed E-state index contributed by atoms with van der Waals surface area (Å²) in [6.07, 6.45) is 0. The zero-order valence-corrected chi connectivity index (χ0v) is 7.47. The van der Waals surface area contributed by atoms with Crippen molar-refractivity contribution in [2.75, 3.05) is 6.54 Å². The van der Waals surface area contributed by atoms with E-state index in [9.17, 15) is 4.39 Å². The van der Waals surface area contributed by atoms with Gasteiger partial charge in [0.25, 0.3) is 0 Å². The number of fused-ring (bicyclic) bond motifs is 1. The number of phenolic OH excluding ortho intramolecular Hbond substituents is 1. The van der Waals surface area contributed by atoms with Gasteiger partial charge in [-0.3, -0.25) is 0 Å². The predicted octanol–water partition coefficient (Wildman–Crippen LogP) is 1.74. The van der Waals surface area contributed by atoms with E-state index < -0.39 is 5.82 Å². The minimum absolute atomic E-state index is 0.255. The Morgan fingerprint density at radius 2 is 2.31 bits per heavy atom. The molecule has 1 aliphatic heterocycles. The van der Waals surface area contributed by atoms with Crippen molar-refractivity contribution in [2.24, 2.45) is 0 Å². The van der Waals surface area contributed by atoms with E-state index >= 15 is 0 Å². The molecule has 0 saturated carbocycles. The minimum Gasteiger partial charge on any atom is -0.505 e. The van der Waals surface area contributed by atoms with Crippen LogP contribution < -0.4 is 5.32 Å².